The summed E-state index contributed by atoms with van der Waals surface area (Å²) in [5.74, 6) is -0.143. The van der Waals surface area contributed by atoms with Gasteiger partial charge < -0.3 is 10.2 Å². The second kappa shape index (κ2) is 6.29. The molecule has 0 saturated heterocycles. The lowest BCUT2D eigenvalue weighted by atomic mass is 10.3. The lowest BCUT2D eigenvalue weighted by Crippen LogP contribution is -2.32. The van der Waals surface area contributed by atoms with Crippen molar-refractivity contribution in [1.82, 2.24) is 9.88 Å². The first kappa shape index (κ1) is 14.4. The van der Waals surface area contributed by atoms with Gasteiger partial charge in [0.05, 0.1) is 15.9 Å². The minimum Gasteiger partial charge on any atom is -0.370 e. The quantitative estimate of drug-likeness (QED) is 0.659. The summed E-state index contributed by atoms with van der Waals surface area (Å²) in [5.41, 5.74) is 0.0872. The highest BCUT2D eigenvalue weighted by Gasteiger charge is 2.18. The first-order valence-corrected chi connectivity index (χ1v) is 6.02. The predicted octanol–water partition coefficient (Wildman–Crippen LogP) is 1.64. The summed E-state index contributed by atoms with van der Waals surface area (Å²) in [6, 6.07) is 0. The lowest BCUT2D eigenvalue weighted by molar-refractivity contribution is -0.384. The molecule has 18 heavy (non-hydrogen) atoms. The van der Waals surface area contributed by atoms with E-state index >= 15 is 0 Å². The fourth-order valence-electron chi connectivity index (χ4n) is 1.21. The van der Waals surface area contributed by atoms with Gasteiger partial charge in [-0.15, -0.1) is 0 Å². The van der Waals surface area contributed by atoms with Gasteiger partial charge in [-0.3, -0.25) is 19.9 Å². The molecule has 7 nitrogen and oxygen atoms in total. The molecule has 0 bridgehead atoms. The molecule has 0 atom stereocenters. The molecular formula is C10H13BrN4O3. The molecule has 1 heterocycles. The number of aromatic nitrogens is 1. The maximum atomic E-state index is 11.6. The van der Waals surface area contributed by atoms with Crippen LogP contribution < -0.4 is 5.32 Å². The lowest BCUT2D eigenvalue weighted by Gasteiger charge is -2.15. The van der Waals surface area contributed by atoms with Crippen molar-refractivity contribution in [1.29, 1.82) is 0 Å². The molecule has 1 aromatic heterocycles. The summed E-state index contributed by atoms with van der Waals surface area (Å²) in [5, 5.41) is 13.6. The summed E-state index contributed by atoms with van der Waals surface area (Å²) in [4.78, 5) is 27.1. The van der Waals surface area contributed by atoms with Crippen molar-refractivity contribution in [3.8, 4) is 0 Å². The van der Waals surface area contributed by atoms with Gasteiger partial charge in [0.15, 0.2) is 0 Å². The largest absolute Gasteiger partial charge is 0.370 e. The monoisotopic (exact) mass is 316 g/mol. The smallest absolute Gasteiger partial charge is 0.311 e. The Balaban J connectivity index is 2.84. The van der Waals surface area contributed by atoms with Gasteiger partial charge in [0.2, 0.25) is 5.91 Å². The van der Waals surface area contributed by atoms with Crippen molar-refractivity contribution >= 4 is 33.2 Å². The third-order valence-corrected chi connectivity index (χ3v) is 2.99. The number of nitro groups is 1. The molecule has 1 aromatic rings. The normalized spacial score (nSPS) is 9.94. The molecule has 0 aliphatic carbocycles. The Kier molecular flexibility index (Phi) is 5.02. The van der Waals surface area contributed by atoms with E-state index < -0.39 is 4.92 Å². The van der Waals surface area contributed by atoms with Crippen LogP contribution in [0.2, 0.25) is 0 Å². The number of nitrogens with one attached hydrogen (secondary N) is 1. The third kappa shape index (κ3) is 3.39. The van der Waals surface area contributed by atoms with Gasteiger partial charge in [-0.2, -0.15) is 0 Å². The van der Waals surface area contributed by atoms with E-state index in [1.165, 1.54) is 11.1 Å². The van der Waals surface area contributed by atoms with Crippen LogP contribution in [0.25, 0.3) is 0 Å². The van der Waals surface area contributed by atoms with Crippen LogP contribution in [0.3, 0.4) is 0 Å². The Morgan fingerprint density at radius 3 is 2.83 bits per heavy atom. The van der Waals surface area contributed by atoms with Gasteiger partial charge in [-0.05, 0) is 22.9 Å². The van der Waals surface area contributed by atoms with E-state index in [1.807, 2.05) is 6.92 Å². The standard InChI is InChI=1S/C10H13BrN4O3/c1-3-14(2)9(16)6-13-10-7(11)4-12-5-8(10)15(17)18/h4-5H,3,6H2,1-2H3,(H,12,13). The Hall–Kier alpha value is -1.70. The minimum absolute atomic E-state index is 0.00616. The number of pyridine rings is 1. The number of likely N-dealkylation sites (N-methyl/N-ethyl adjacent to an activating group) is 1. The van der Waals surface area contributed by atoms with Gasteiger partial charge in [0.1, 0.15) is 11.9 Å². The summed E-state index contributed by atoms with van der Waals surface area (Å²) < 4.78 is 0.448. The summed E-state index contributed by atoms with van der Waals surface area (Å²) in [6.45, 7) is 2.43. The molecule has 0 saturated carbocycles. The van der Waals surface area contributed by atoms with Crippen molar-refractivity contribution < 1.29 is 9.72 Å². The van der Waals surface area contributed by atoms with Crippen LogP contribution in [0.15, 0.2) is 16.9 Å². The van der Waals surface area contributed by atoms with Gasteiger partial charge in [-0.25, -0.2) is 0 Å². The van der Waals surface area contributed by atoms with Crippen molar-refractivity contribution in [3.63, 3.8) is 0 Å². The number of hydrogen-bond acceptors (Lipinski definition) is 5. The first-order valence-electron chi connectivity index (χ1n) is 5.23. The molecule has 0 aliphatic heterocycles. The topological polar surface area (TPSA) is 88.4 Å². The number of carbonyl (C=O) groups excluding carboxylic acids is 1. The number of amides is 1. The van der Waals surface area contributed by atoms with E-state index in [-0.39, 0.29) is 23.8 Å². The van der Waals surface area contributed by atoms with E-state index in [4.69, 9.17) is 0 Å². The Morgan fingerprint density at radius 2 is 2.28 bits per heavy atom. The highest BCUT2D eigenvalue weighted by Crippen LogP contribution is 2.30. The summed E-state index contributed by atoms with van der Waals surface area (Å²) >= 11 is 3.17. The second-order valence-electron chi connectivity index (χ2n) is 3.53. The first-order chi connectivity index (χ1) is 8.47. The Morgan fingerprint density at radius 1 is 1.61 bits per heavy atom. The minimum atomic E-state index is -0.548. The third-order valence-electron chi connectivity index (χ3n) is 2.39. The second-order valence-corrected chi connectivity index (χ2v) is 4.39. The van der Waals surface area contributed by atoms with E-state index in [0.29, 0.717) is 11.0 Å². The summed E-state index contributed by atoms with van der Waals surface area (Å²) in [7, 11) is 1.67. The Labute approximate surface area is 112 Å². The van der Waals surface area contributed by atoms with Crippen LogP contribution in [0.1, 0.15) is 6.92 Å². The van der Waals surface area contributed by atoms with Crippen molar-refractivity contribution in [3.05, 3.63) is 27.0 Å². The van der Waals surface area contributed by atoms with Gasteiger partial charge in [-0.1, -0.05) is 0 Å². The molecule has 0 unspecified atom stereocenters. The number of rotatable bonds is 5. The predicted molar refractivity (Wildman–Crippen MR) is 70.4 cm³/mol. The van der Waals surface area contributed by atoms with Crippen LogP contribution >= 0.6 is 15.9 Å². The highest BCUT2D eigenvalue weighted by atomic mass is 79.9. The zero-order valence-corrected chi connectivity index (χ0v) is 11.6. The van der Waals surface area contributed by atoms with Gasteiger partial charge in [0.25, 0.3) is 0 Å². The zero-order chi connectivity index (χ0) is 13.7. The molecule has 0 aromatic carbocycles. The zero-order valence-electron chi connectivity index (χ0n) is 10.0. The molecule has 0 radical (unpaired) electrons. The average molecular weight is 317 g/mol. The maximum Gasteiger partial charge on any atom is 0.311 e. The number of hydrogen-bond donors (Lipinski definition) is 1. The van der Waals surface area contributed by atoms with Gasteiger partial charge in [0, 0.05) is 19.8 Å². The average Bonchev–Trinajstić information content (AvgIpc) is 2.35. The molecule has 0 fully saturated rings. The fraction of sp³-hybridized carbons (Fsp3) is 0.400. The van der Waals surface area contributed by atoms with E-state index in [2.05, 4.69) is 26.2 Å². The molecule has 1 rings (SSSR count). The molecule has 1 N–H and O–H groups in total. The summed E-state index contributed by atoms with van der Waals surface area (Å²) in [6.07, 6.45) is 2.57. The molecular weight excluding hydrogens is 304 g/mol. The molecule has 0 aliphatic rings. The number of halogens is 1. The van der Waals surface area contributed by atoms with Crippen molar-refractivity contribution in [2.24, 2.45) is 0 Å². The highest BCUT2D eigenvalue weighted by molar-refractivity contribution is 9.10. The van der Waals surface area contributed by atoms with Crippen LogP contribution in [-0.4, -0.2) is 40.9 Å². The van der Waals surface area contributed by atoms with Crippen LogP contribution in [0.4, 0.5) is 11.4 Å². The van der Waals surface area contributed by atoms with Crippen molar-refractivity contribution in [2.45, 2.75) is 6.92 Å². The molecule has 1 amide bonds. The van der Waals surface area contributed by atoms with Crippen LogP contribution in [-0.2, 0) is 4.79 Å². The molecule has 8 heteroatoms. The van der Waals surface area contributed by atoms with E-state index in [9.17, 15) is 14.9 Å². The Bertz CT molecular complexity index is 466. The maximum absolute atomic E-state index is 11.6. The fourth-order valence-corrected chi connectivity index (χ4v) is 1.68. The van der Waals surface area contributed by atoms with Crippen LogP contribution in [0, 0.1) is 10.1 Å². The number of anilines is 1. The van der Waals surface area contributed by atoms with E-state index in [0.717, 1.165) is 6.20 Å². The van der Waals surface area contributed by atoms with Crippen LogP contribution in [0.5, 0.6) is 0 Å². The molecule has 0 spiro atoms. The van der Waals surface area contributed by atoms with E-state index in [1.54, 1.807) is 7.05 Å². The SMILES string of the molecule is CCN(C)C(=O)CNc1c(Br)cncc1[N+](=O)[O-]. The number of nitrogens with zero attached hydrogens (tertiary/aromatic N) is 3. The van der Waals surface area contributed by atoms with Crippen molar-refractivity contribution in [2.75, 3.05) is 25.5 Å². The molecule has 98 valence electrons. The van der Waals surface area contributed by atoms with Gasteiger partial charge >= 0.3 is 5.69 Å². The number of carbonyl (C=O) groups is 1.